The summed E-state index contributed by atoms with van der Waals surface area (Å²) in [6.45, 7) is 1.88. The van der Waals surface area contributed by atoms with E-state index >= 15 is 0 Å². The van der Waals surface area contributed by atoms with Gasteiger partial charge in [0.05, 0.1) is 12.8 Å². The second kappa shape index (κ2) is 10.9. The van der Waals surface area contributed by atoms with Gasteiger partial charge in [-0.25, -0.2) is 9.97 Å². The molecule has 3 N–H and O–H groups in total. The normalized spacial score (nSPS) is 10.3. The third kappa shape index (κ3) is 6.42. The number of aromatic nitrogens is 2. The SMILES string of the molecule is COc1ccc(CNC(=O)c2cccc(Nc3nccc(-c4ccc(NC(C)=O)cc4)n3)c2)cc1. The number of amides is 2. The standard InChI is InChI=1S/C27H25N5O3/c1-18(33)30-22-10-8-20(9-11-22)25-14-15-28-27(32-25)31-23-5-3-4-21(16-23)26(34)29-17-19-6-12-24(35-2)13-7-19/h3-16H,17H2,1-2H3,(H,29,34)(H,30,33)(H,28,31,32). The molecule has 0 atom stereocenters. The molecule has 176 valence electrons. The first kappa shape index (κ1) is 23.4. The number of hydrogen-bond acceptors (Lipinski definition) is 6. The summed E-state index contributed by atoms with van der Waals surface area (Å²) in [5.41, 5.74) is 4.52. The van der Waals surface area contributed by atoms with Gasteiger partial charge in [-0.3, -0.25) is 9.59 Å². The molecule has 8 nitrogen and oxygen atoms in total. The third-order valence-electron chi connectivity index (χ3n) is 5.15. The van der Waals surface area contributed by atoms with Crippen molar-refractivity contribution in [3.8, 4) is 17.0 Å². The van der Waals surface area contributed by atoms with Crippen molar-refractivity contribution in [2.24, 2.45) is 0 Å². The molecule has 0 radical (unpaired) electrons. The highest BCUT2D eigenvalue weighted by molar-refractivity contribution is 5.95. The molecule has 2 amide bonds. The van der Waals surface area contributed by atoms with Crippen molar-refractivity contribution in [1.82, 2.24) is 15.3 Å². The van der Waals surface area contributed by atoms with Gasteiger partial charge in [0, 0.05) is 42.2 Å². The lowest BCUT2D eigenvalue weighted by molar-refractivity contribution is -0.114. The predicted octanol–water partition coefficient (Wildman–Crippen LogP) is 4.78. The van der Waals surface area contributed by atoms with Gasteiger partial charge in [-0.2, -0.15) is 0 Å². The zero-order valence-electron chi connectivity index (χ0n) is 19.4. The average molecular weight is 468 g/mol. The summed E-state index contributed by atoms with van der Waals surface area (Å²) in [6, 6.07) is 23.9. The Balaban J connectivity index is 1.41. The summed E-state index contributed by atoms with van der Waals surface area (Å²) in [5.74, 6) is 0.873. The van der Waals surface area contributed by atoms with Crippen molar-refractivity contribution in [2.45, 2.75) is 13.5 Å². The monoisotopic (exact) mass is 467 g/mol. The Bertz CT molecular complexity index is 1320. The van der Waals surface area contributed by atoms with Gasteiger partial charge in [0.2, 0.25) is 11.9 Å². The second-order valence-corrected chi connectivity index (χ2v) is 7.76. The number of hydrogen-bond donors (Lipinski definition) is 3. The number of carbonyl (C=O) groups is 2. The van der Waals surface area contributed by atoms with Crippen LogP contribution in [0.2, 0.25) is 0 Å². The topological polar surface area (TPSA) is 105 Å². The van der Waals surface area contributed by atoms with E-state index in [1.807, 2.05) is 60.7 Å². The summed E-state index contributed by atoms with van der Waals surface area (Å²) in [7, 11) is 1.62. The number of rotatable bonds is 8. The first-order valence-corrected chi connectivity index (χ1v) is 11.0. The van der Waals surface area contributed by atoms with Gasteiger partial charge in [-0.15, -0.1) is 0 Å². The highest BCUT2D eigenvalue weighted by Gasteiger charge is 2.08. The molecule has 0 saturated carbocycles. The molecule has 4 aromatic rings. The van der Waals surface area contributed by atoms with Crippen LogP contribution in [0.4, 0.5) is 17.3 Å². The Morgan fingerprint density at radius 1 is 0.914 bits per heavy atom. The number of benzene rings is 3. The van der Waals surface area contributed by atoms with E-state index in [0.29, 0.717) is 23.7 Å². The molecule has 3 aromatic carbocycles. The van der Waals surface area contributed by atoms with E-state index in [-0.39, 0.29) is 11.8 Å². The molecule has 1 heterocycles. The zero-order chi connectivity index (χ0) is 24.6. The molecular weight excluding hydrogens is 442 g/mol. The summed E-state index contributed by atoms with van der Waals surface area (Å²) in [4.78, 5) is 32.7. The first-order valence-electron chi connectivity index (χ1n) is 11.0. The smallest absolute Gasteiger partial charge is 0.251 e. The van der Waals surface area contributed by atoms with Crippen LogP contribution in [0.1, 0.15) is 22.8 Å². The van der Waals surface area contributed by atoms with Gasteiger partial charge < -0.3 is 20.7 Å². The molecule has 0 aliphatic carbocycles. The number of ether oxygens (including phenoxy) is 1. The van der Waals surface area contributed by atoms with Crippen LogP contribution in [0.3, 0.4) is 0 Å². The fraction of sp³-hybridized carbons (Fsp3) is 0.111. The predicted molar refractivity (Wildman–Crippen MR) is 136 cm³/mol. The van der Waals surface area contributed by atoms with Crippen LogP contribution in [0, 0.1) is 0 Å². The number of anilines is 3. The summed E-state index contributed by atoms with van der Waals surface area (Å²) >= 11 is 0. The zero-order valence-corrected chi connectivity index (χ0v) is 19.4. The maximum absolute atomic E-state index is 12.7. The molecular formula is C27H25N5O3. The first-order chi connectivity index (χ1) is 17.0. The van der Waals surface area contributed by atoms with Gasteiger partial charge in [0.25, 0.3) is 5.91 Å². The van der Waals surface area contributed by atoms with Gasteiger partial charge >= 0.3 is 0 Å². The largest absolute Gasteiger partial charge is 0.497 e. The maximum atomic E-state index is 12.7. The number of methoxy groups -OCH3 is 1. The molecule has 35 heavy (non-hydrogen) atoms. The molecule has 0 spiro atoms. The highest BCUT2D eigenvalue weighted by atomic mass is 16.5. The van der Waals surface area contributed by atoms with E-state index in [1.54, 1.807) is 31.5 Å². The average Bonchev–Trinajstić information content (AvgIpc) is 2.88. The van der Waals surface area contributed by atoms with Crippen LogP contribution in [0.25, 0.3) is 11.3 Å². The minimum Gasteiger partial charge on any atom is -0.497 e. The Morgan fingerprint density at radius 3 is 2.40 bits per heavy atom. The molecule has 0 unspecified atom stereocenters. The van der Waals surface area contributed by atoms with E-state index in [4.69, 9.17) is 4.74 Å². The Kier molecular flexibility index (Phi) is 7.32. The van der Waals surface area contributed by atoms with Crippen molar-refractivity contribution in [2.75, 3.05) is 17.7 Å². The highest BCUT2D eigenvalue weighted by Crippen LogP contribution is 2.22. The fourth-order valence-electron chi connectivity index (χ4n) is 3.40. The van der Waals surface area contributed by atoms with Crippen LogP contribution in [0.5, 0.6) is 5.75 Å². The van der Waals surface area contributed by atoms with Crippen LogP contribution >= 0.6 is 0 Å². The van der Waals surface area contributed by atoms with Crippen molar-refractivity contribution in [3.05, 3.63) is 96.2 Å². The third-order valence-corrected chi connectivity index (χ3v) is 5.15. The van der Waals surface area contributed by atoms with Crippen molar-refractivity contribution in [1.29, 1.82) is 0 Å². The number of nitrogens with zero attached hydrogens (tertiary/aromatic N) is 2. The van der Waals surface area contributed by atoms with Crippen LogP contribution in [-0.2, 0) is 11.3 Å². The van der Waals surface area contributed by atoms with E-state index in [0.717, 1.165) is 28.3 Å². The Hall–Kier alpha value is -4.72. The quantitative estimate of drug-likeness (QED) is 0.344. The van der Waals surface area contributed by atoms with Crippen molar-refractivity contribution < 1.29 is 14.3 Å². The van der Waals surface area contributed by atoms with E-state index in [1.165, 1.54) is 6.92 Å². The number of nitrogens with one attached hydrogen (secondary N) is 3. The second-order valence-electron chi connectivity index (χ2n) is 7.76. The minimum absolute atomic E-state index is 0.122. The van der Waals surface area contributed by atoms with Crippen LogP contribution in [0.15, 0.2) is 85.1 Å². The molecule has 0 saturated heterocycles. The maximum Gasteiger partial charge on any atom is 0.251 e. The van der Waals surface area contributed by atoms with Crippen molar-refractivity contribution >= 4 is 29.1 Å². The van der Waals surface area contributed by atoms with Gasteiger partial charge in [-0.1, -0.05) is 30.3 Å². The molecule has 1 aromatic heterocycles. The van der Waals surface area contributed by atoms with E-state index in [9.17, 15) is 9.59 Å². The molecule has 0 bridgehead atoms. The lowest BCUT2D eigenvalue weighted by atomic mass is 10.1. The molecule has 0 aliphatic heterocycles. The van der Waals surface area contributed by atoms with Crippen molar-refractivity contribution in [3.63, 3.8) is 0 Å². The van der Waals surface area contributed by atoms with Gasteiger partial charge in [0.15, 0.2) is 0 Å². The van der Waals surface area contributed by atoms with E-state index in [2.05, 4.69) is 25.9 Å². The Labute approximate surface area is 203 Å². The molecule has 0 aliphatic rings. The summed E-state index contributed by atoms with van der Waals surface area (Å²) in [5, 5.41) is 8.83. The van der Waals surface area contributed by atoms with Crippen LogP contribution in [-0.4, -0.2) is 28.9 Å². The lowest BCUT2D eigenvalue weighted by Gasteiger charge is -2.10. The van der Waals surface area contributed by atoms with Gasteiger partial charge in [0.1, 0.15) is 5.75 Å². The summed E-state index contributed by atoms with van der Waals surface area (Å²) in [6.07, 6.45) is 1.66. The Morgan fingerprint density at radius 2 is 1.69 bits per heavy atom. The minimum atomic E-state index is -0.182. The molecule has 8 heteroatoms. The summed E-state index contributed by atoms with van der Waals surface area (Å²) < 4.78 is 5.16. The van der Waals surface area contributed by atoms with Gasteiger partial charge in [-0.05, 0) is 54.1 Å². The molecule has 4 rings (SSSR count). The lowest BCUT2D eigenvalue weighted by Crippen LogP contribution is -2.22. The van der Waals surface area contributed by atoms with Crippen LogP contribution < -0.4 is 20.7 Å². The number of carbonyl (C=O) groups excluding carboxylic acids is 2. The van der Waals surface area contributed by atoms with E-state index < -0.39 is 0 Å². The molecule has 0 fully saturated rings. The fourth-order valence-corrected chi connectivity index (χ4v) is 3.40.